The van der Waals surface area contributed by atoms with Crippen molar-refractivity contribution in [3.63, 3.8) is 0 Å². The second-order valence-electron chi connectivity index (χ2n) is 2.93. The predicted molar refractivity (Wildman–Crippen MR) is 51.5 cm³/mol. The normalized spacial score (nSPS) is 12.6. The molecule has 2 N–H and O–H groups in total. The molecule has 0 amide bonds. The molecular formula is C10H19N. The Bertz CT molecular complexity index is 147. The van der Waals surface area contributed by atoms with Crippen LogP contribution in [0.5, 0.6) is 0 Å². The zero-order valence-electron chi connectivity index (χ0n) is 7.69. The maximum Gasteiger partial charge on any atom is 0.0288 e. The molecule has 64 valence electrons. The van der Waals surface area contributed by atoms with E-state index >= 15 is 0 Å². The van der Waals surface area contributed by atoms with Gasteiger partial charge in [-0.3, -0.25) is 0 Å². The molecule has 0 fully saturated rings. The van der Waals surface area contributed by atoms with E-state index in [0.717, 1.165) is 24.8 Å². The van der Waals surface area contributed by atoms with Crippen molar-refractivity contribution in [3.8, 4) is 0 Å². The minimum Gasteiger partial charge on any atom is -0.324 e. The van der Waals surface area contributed by atoms with Crippen LogP contribution in [0.1, 0.15) is 33.1 Å². The standard InChI is InChI=1S/C10H19N/c1-5-8(3)7-10(11)9(4)6-2/h10H,3-7,11H2,1-2H3. The number of rotatable bonds is 5. The van der Waals surface area contributed by atoms with Gasteiger partial charge in [-0.15, -0.1) is 0 Å². The topological polar surface area (TPSA) is 26.0 Å². The van der Waals surface area contributed by atoms with E-state index < -0.39 is 0 Å². The van der Waals surface area contributed by atoms with Gasteiger partial charge in [0.1, 0.15) is 0 Å². The second-order valence-corrected chi connectivity index (χ2v) is 2.93. The van der Waals surface area contributed by atoms with Crippen LogP contribution >= 0.6 is 0 Å². The number of hydrogen-bond donors (Lipinski definition) is 1. The Morgan fingerprint density at radius 1 is 1.27 bits per heavy atom. The number of nitrogens with two attached hydrogens (primary N) is 1. The van der Waals surface area contributed by atoms with E-state index in [9.17, 15) is 0 Å². The lowest BCUT2D eigenvalue weighted by atomic mass is 9.99. The molecule has 0 aliphatic heterocycles. The van der Waals surface area contributed by atoms with Crippen LogP contribution in [0.15, 0.2) is 24.3 Å². The smallest absolute Gasteiger partial charge is 0.0288 e. The Labute approximate surface area is 70.0 Å². The number of hydrogen-bond acceptors (Lipinski definition) is 1. The summed E-state index contributed by atoms with van der Waals surface area (Å²) in [6.07, 6.45) is 2.88. The van der Waals surface area contributed by atoms with Crippen molar-refractivity contribution in [1.29, 1.82) is 0 Å². The minimum atomic E-state index is 0.118. The summed E-state index contributed by atoms with van der Waals surface area (Å²) in [6, 6.07) is 0.118. The molecule has 11 heavy (non-hydrogen) atoms. The molecule has 0 radical (unpaired) electrons. The fourth-order valence-corrected chi connectivity index (χ4v) is 0.862. The highest BCUT2D eigenvalue weighted by molar-refractivity contribution is 5.09. The highest BCUT2D eigenvalue weighted by atomic mass is 14.6. The molecule has 0 saturated carbocycles. The third kappa shape index (κ3) is 3.99. The highest BCUT2D eigenvalue weighted by Gasteiger charge is 2.05. The van der Waals surface area contributed by atoms with E-state index in [1.807, 2.05) is 0 Å². The molecule has 0 saturated heterocycles. The first kappa shape index (κ1) is 10.4. The van der Waals surface area contributed by atoms with Gasteiger partial charge in [-0.25, -0.2) is 0 Å². The van der Waals surface area contributed by atoms with Gasteiger partial charge in [0, 0.05) is 6.04 Å². The van der Waals surface area contributed by atoms with Crippen LogP contribution in [-0.2, 0) is 0 Å². The van der Waals surface area contributed by atoms with Crippen LogP contribution in [-0.4, -0.2) is 6.04 Å². The molecule has 0 bridgehead atoms. The van der Waals surface area contributed by atoms with E-state index in [0.29, 0.717) is 0 Å². The Balaban J connectivity index is 3.77. The van der Waals surface area contributed by atoms with Gasteiger partial charge in [0.05, 0.1) is 0 Å². The summed E-state index contributed by atoms with van der Waals surface area (Å²) < 4.78 is 0. The molecule has 0 aromatic heterocycles. The van der Waals surface area contributed by atoms with E-state index in [1.165, 1.54) is 5.57 Å². The quantitative estimate of drug-likeness (QED) is 0.604. The summed E-state index contributed by atoms with van der Waals surface area (Å²) in [5, 5.41) is 0. The molecule has 1 atom stereocenters. The van der Waals surface area contributed by atoms with Gasteiger partial charge in [0.15, 0.2) is 0 Å². The van der Waals surface area contributed by atoms with Crippen molar-refractivity contribution in [2.75, 3.05) is 0 Å². The van der Waals surface area contributed by atoms with Gasteiger partial charge in [-0.1, -0.05) is 38.2 Å². The molecule has 0 aliphatic rings. The Morgan fingerprint density at radius 2 is 1.82 bits per heavy atom. The fraction of sp³-hybridized carbons (Fsp3) is 0.600. The molecule has 1 unspecified atom stereocenters. The summed E-state index contributed by atoms with van der Waals surface area (Å²) in [7, 11) is 0. The summed E-state index contributed by atoms with van der Waals surface area (Å²) in [6.45, 7) is 12.0. The first-order valence-corrected chi connectivity index (χ1v) is 4.21. The van der Waals surface area contributed by atoms with Gasteiger partial charge in [-0.2, -0.15) is 0 Å². The molecule has 0 aliphatic carbocycles. The Hall–Kier alpha value is -0.560. The van der Waals surface area contributed by atoms with Crippen LogP contribution in [0.3, 0.4) is 0 Å². The van der Waals surface area contributed by atoms with Crippen molar-refractivity contribution < 1.29 is 0 Å². The van der Waals surface area contributed by atoms with Gasteiger partial charge in [-0.05, 0) is 19.3 Å². The van der Waals surface area contributed by atoms with Crippen molar-refractivity contribution >= 4 is 0 Å². The minimum absolute atomic E-state index is 0.118. The molecular weight excluding hydrogens is 134 g/mol. The van der Waals surface area contributed by atoms with Gasteiger partial charge in [0.2, 0.25) is 0 Å². The summed E-state index contributed by atoms with van der Waals surface area (Å²) in [5.41, 5.74) is 8.18. The largest absolute Gasteiger partial charge is 0.324 e. The lowest BCUT2D eigenvalue weighted by Crippen LogP contribution is -2.22. The molecule has 0 aromatic rings. The third-order valence-electron chi connectivity index (χ3n) is 1.99. The SMILES string of the molecule is C=C(CC)CC(N)C(=C)CC. The van der Waals surface area contributed by atoms with Crippen LogP contribution in [0, 0.1) is 0 Å². The predicted octanol–water partition coefficient (Wildman–Crippen LogP) is 2.64. The first-order valence-electron chi connectivity index (χ1n) is 4.21. The van der Waals surface area contributed by atoms with Crippen molar-refractivity contribution in [2.24, 2.45) is 5.73 Å². The van der Waals surface area contributed by atoms with Crippen LogP contribution in [0.4, 0.5) is 0 Å². The van der Waals surface area contributed by atoms with Crippen LogP contribution < -0.4 is 5.73 Å². The van der Waals surface area contributed by atoms with E-state index in [1.54, 1.807) is 0 Å². The Kier molecular flexibility index (Phi) is 4.88. The first-order chi connectivity index (χ1) is 5.11. The van der Waals surface area contributed by atoms with E-state index in [2.05, 4.69) is 27.0 Å². The monoisotopic (exact) mass is 153 g/mol. The fourth-order valence-electron chi connectivity index (χ4n) is 0.862. The molecule has 0 spiro atoms. The van der Waals surface area contributed by atoms with Crippen molar-refractivity contribution in [2.45, 2.75) is 39.2 Å². The zero-order valence-corrected chi connectivity index (χ0v) is 7.69. The van der Waals surface area contributed by atoms with E-state index in [-0.39, 0.29) is 6.04 Å². The molecule has 0 aromatic carbocycles. The summed E-state index contributed by atoms with van der Waals surface area (Å²) in [5.74, 6) is 0. The highest BCUT2D eigenvalue weighted by Crippen LogP contribution is 2.12. The van der Waals surface area contributed by atoms with Crippen LogP contribution in [0.25, 0.3) is 0 Å². The van der Waals surface area contributed by atoms with E-state index in [4.69, 9.17) is 5.73 Å². The van der Waals surface area contributed by atoms with Crippen molar-refractivity contribution in [1.82, 2.24) is 0 Å². The molecule has 0 rings (SSSR count). The summed E-state index contributed by atoms with van der Waals surface area (Å²) >= 11 is 0. The average molecular weight is 153 g/mol. The van der Waals surface area contributed by atoms with Gasteiger partial charge in [0.25, 0.3) is 0 Å². The lowest BCUT2D eigenvalue weighted by Gasteiger charge is -2.13. The molecule has 0 heterocycles. The lowest BCUT2D eigenvalue weighted by molar-refractivity contribution is 0.718. The Morgan fingerprint density at radius 3 is 2.18 bits per heavy atom. The van der Waals surface area contributed by atoms with Crippen molar-refractivity contribution in [3.05, 3.63) is 24.3 Å². The third-order valence-corrected chi connectivity index (χ3v) is 1.99. The van der Waals surface area contributed by atoms with Crippen LogP contribution in [0.2, 0.25) is 0 Å². The summed E-state index contributed by atoms with van der Waals surface area (Å²) in [4.78, 5) is 0. The molecule has 1 heteroatoms. The van der Waals surface area contributed by atoms with Gasteiger partial charge < -0.3 is 5.73 Å². The maximum absolute atomic E-state index is 5.84. The molecule has 1 nitrogen and oxygen atoms in total. The zero-order chi connectivity index (χ0) is 8.85. The second kappa shape index (κ2) is 5.14. The van der Waals surface area contributed by atoms with Gasteiger partial charge >= 0.3 is 0 Å². The average Bonchev–Trinajstić information content (AvgIpc) is 2.02. The maximum atomic E-state index is 5.84.